The van der Waals surface area contributed by atoms with Crippen molar-refractivity contribution in [2.24, 2.45) is 5.92 Å². The summed E-state index contributed by atoms with van der Waals surface area (Å²) in [7, 11) is 0. The summed E-state index contributed by atoms with van der Waals surface area (Å²) < 4.78 is 4.07. The van der Waals surface area contributed by atoms with E-state index in [0.29, 0.717) is 17.5 Å². The molecule has 0 N–H and O–H groups in total. The highest BCUT2D eigenvalue weighted by Crippen LogP contribution is 2.41. The van der Waals surface area contributed by atoms with Gasteiger partial charge in [0, 0.05) is 55.4 Å². The van der Waals surface area contributed by atoms with Gasteiger partial charge in [-0.25, -0.2) is 11.6 Å². The summed E-state index contributed by atoms with van der Waals surface area (Å²) in [6.07, 6.45) is 2.14. The molecule has 0 saturated carbocycles. The van der Waals surface area contributed by atoms with Gasteiger partial charge < -0.3 is 9.74 Å². The maximum atomic E-state index is 7.16. The van der Waals surface area contributed by atoms with Crippen LogP contribution in [0.25, 0.3) is 21.6 Å². The average Bonchev–Trinajstić information content (AvgIpc) is 2.92. The van der Waals surface area contributed by atoms with Crippen LogP contribution in [0.4, 0.5) is 5.69 Å². The summed E-state index contributed by atoms with van der Waals surface area (Å²) in [5, 5.41) is 1.88. The first-order chi connectivity index (χ1) is 14.3. The smallest absolute Gasteiger partial charge is 0.217 e. The molecule has 3 heterocycles. The van der Waals surface area contributed by atoms with Crippen LogP contribution in [0.1, 0.15) is 29.8 Å². The van der Waals surface area contributed by atoms with E-state index in [2.05, 4.69) is 73.0 Å². The van der Waals surface area contributed by atoms with Crippen molar-refractivity contribution >= 4 is 60.2 Å². The van der Waals surface area contributed by atoms with Gasteiger partial charge in [-0.05, 0) is 89.2 Å². The maximum absolute atomic E-state index is 7.16. The molecule has 1 fully saturated rings. The van der Waals surface area contributed by atoms with Crippen LogP contribution >= 0.6 is 43.5 Å². The second-order valence-electron chi connectivity index (χ2n) is 8.02. The molecule has 156 valence electrons. The highest BCUT2D eigenvalue weighted by Gasteiger charge is 2.26. The van der Waals surface area contributed by atoms with Crippen molar-refractivity contribution in [3.8, 4) is 5.69 Å². The fraction of sp³-hybridized carbons (Fsp3) is 0.391. The Balaban J connectivity index is 1.89. The second kappa shape index (κ2) is 8.53. The molecule has 3 aromatic rings. The van der Waals surface area contributed by atoms with E-state index in [4.69, 9.17) is 23.2 Å². The summed E-state index contributed by atoms with van der Waals surface area (Å²) >= 11 is 13.7. The van der Waals surface area contributed by atoms with Gasteiger partial charge in [0.15, 0.2) is 0 Å². The third-order valence-electron chi connectivity index (χ3n) is 6.08. The van der Waals surface area contributed by atoms with Crippen molar-refractivity contribution in [3.63, 3.8) is 0 Å². The number of fused-ring (bicyclic) bond motifs is 1. The van der Waals surface area contributed by atoms with Gasteiger partial charge in [0.05, 0.1) is 5.69 Å². The largest absolute Gasteiger partial charge is 0.371 e. The summed E-state index contributed by atoms with van der Waals surface area (Å²) in [4.78, 5) is 11.0. The zero-order valence-corrected chi connectivity index (χ0v) is 21.2. The molecule has 4 rings (SSSR count). The average molecular weight is 551 g/mol. The molecule has 0 amide bonds. The fourth-order valence-electron chi connectivity index (χ4n) is 4.43. The van der Waals surface area contributed by atoms with Gasteiger partial charge in [0.2, 0.25) is 6.54 Å². The molecule has 0 unspecified atom stereocenters. The van der Waals surface area contributed by atoms with Crippen LogP contribution in [0.2, 0.25) is 5.02 Å². The molecule has 1 saturated heterocycles. The minimum atomic E-state index is 0.519. The van der Waals surface area contributed by atoms with Gasteiger partial charge >= 0.3 is 0 Å². The van der Waals surface area contributed by atoms with Crippen LogP contribution in [0, 0.1) is 33.3 Å². The molecule has 2 aromatic heterocycles. The molecule has 1 aliphatic heterocycles. The van der Waals surface area contributed by atoms with Crippen LogP contribution in [0.3, 0.4) is 0 Å². The number of piperidine rings is 1. The number of halogens is 3. The molecule has 0 atom stereocenters. The quantitative estimate of drug-likeness (QED) is 0.321. The van der Waals surface area contributed by atoms with E-state index in [1.807, 2.05) is 12.1 Å². The van der Waals surface area contributed by atoms with Crippen molar-refractivity contribution in [2.75, 3.05) is 24.5 Å². The zero-order valence-electron chi connectivity index (χ0n) is 17.3. The predicted molar refractivity (Wildman–Crippen MR) is 132 cm³/mol. The lowest BCUT2D eigenvalue weighted by Crippen LogP contribution is -2.34. The summed E-state index contributed by atoms with van der Waals surface area (Å²) in [5.41, 5.74) is 6.63. The molecule has 0 bridgehead atoms. The van der Waals surface area contributed by atoms with Gasteiger partial charge in [0.1, 0.15) is 5.65 Å². The molecule has 0 spiro atoms. The normalized spacial score (nSPS) is 15.0. The van der Waals surface area contributed by atoms with Gasteiger partial charge in [-0.1, -0.05) is 11.6 Å². The highest BCUT2D eigenvalue weighted by molar-refractivity contribution is 9.11. The number of aryl methyl sites for hydroxylation is 2. The molecule has 7 heteroatoms. The molecular weight excluding hydrogens is 528 g/mol. The number of aromatic nitrogens is 2. The van der Waals surface area contributed by atoms with Crippen LogP contribution in [-0.4, -0.2) is 29.2 Å². The highest BCUT2D eigenvalue weighted by atomic mass is 79.9. The van der Waals surface area contributed by atoms with Crippen LogP contribution in [0.5, 0.6) is 0 Å². The van der Waals surface area contributed by atoms with E-state index in [0.717, 1.165) is 57.6 Å². The molecular formula is C23H23Br2ClN4. The maximum Gasteiger partial charge on any atom is 0.217 e. The SMILES string of the molecule is [C-]#[N+]CC1CCN(c2cc(C)nc3c2c(C)c(C)n3-c2c(Br)cc(Cl)cc2Br)CC1. The first-order valence-corrected chi connectivity index (χ1v) is 12.0. The number of benzene rings is 1. The first-order valence-electron chi connectivity index (χ1n) is 10.0. The number of nitrogens with zero attached hydrogens (tertiary/aromatic N) is 4. The molecule has 0 aliphatic carbocycles. The standard InChI is InChI=1S/C23H23Br2ClN4/c1-13-9-20(29-7-5-16(6-8-29)12-27-4)21-14(2)15(3)30(23(21)28-13)22-18(24)10-17(26)11-19(22)25/h9-11,16H,5-8,12H2,1-3H3. The summed E-state index contributed by atoms with van der Waals surface area (Å²) in [6, 6.07) is 6.04. The van der Waals surface area contributed by atoms with Crippen molar-refractivity contribution < 1.29 is 0 Å². The van der Waals surface area contributed by atoms with Crippen molar-refractivity contribution in [2.45, 2.75) is 33.6 Å². The van der Waals surface area contributed by atoms with E-state index in [9.17, 15) is 0 Å². The third-order valence-corrected chi connectivity index (χ3v) is 7.51. The van der Waals surface area contributed by atoms with Crippen LogP contribution in [-0.2, 0) is 0 Å². The van der Waals surface area contributed by atoms with Gasteiger partial charge in [0.25, 0.3) is 0 Å². The Morgan fingerprint density at radius 3 is 2.37 bits per heavy atom. The molecule has 0 radical (unpaired) electrons. The summed E-state index contributed by atoms with van der Waals surface area (Å²) in [6.45, 7) is 16.1. The predicted octanol–water partition coefficient (Wildman–Crippen LogP) is 7.26. The lowest BCUT2D eigenvalue weighted by atomic mass is 9.96. The Labute approximate surface area is 199 Å². The number of rotatable bonds is 3. The summed E-state index contributed by atoms with van der Waals surface area (Å²) in [5.74, 6) is 0.519. The van der Waals surface area contributed by atoms with Crippen LogP contribution < -0.4 is 4.90 Å². The Bertz CT molecular complexity index is 1150. The Kier molecular flexibility index (Phi) is 6.16. The van der Waals surface area contributed by atoms with Gasteiger partial charge in [-0.2, -0.15) is 0 Å². The van der Waals surface area contributed by atoms with E-state index < -0.39 is 0 Å². The van der Waals surface area contributed by atoms with E-state index in [1.54, 1.807) is 0 Å². The van der Waals surface area contributed by atoms with E-state index in [-0.39, 0.29) is 0 Å². The first kappa shape index (κ1) is 21.7. The van der Waals surface area contributed by atoms with Crippen molar-refractivity contribution in [1.82, 2.24) is 9.55 Å². The van der Waals surface area contributed by atoms with Crippen molar-refractivity contribution in [3.05, 3.63) is 60.5 Å². The number of anilines is 1. The Morgan fingerprint density at radius 1 is 1.13 bits per heavy atom. The number of hydrogen-bond acceptors (Lipinski definition) is 2. The second-order valence-corrected chi connectivity index (χ2v) is 10.2. The number of pyridine rings is 1. The lowest BCUT2D eigenvalue weighted by Gasteiger charge is -2.32. The Hall–Kier alpha value is -1.55. The molecule has 30 heavy (non-hydrogen) atoms. The minimum Gasteiger partial charge on any atom is -0.371 e. The van der Waals surface area contributed by atoms with Gasteiger partial charge in [-0.3, -0.25) is 4.57 Å². The van der Waals surface area contributed by atoms with Crippen LogP contribution in [0.15, 0.2) is 27.1 Å². The van der Waals surface area contributed by atoms with Crippen molar-refractivity contribution in [1.29, 1.82) is 0 Å². The zero-order chi connectivity index (χ0) is 21.6. The van der Waals surface area contributed by atoms with E-state index >= 15 is 0 Å². The molecule has 1 aromatic carbocycles. The topological polar surface area (TPSA) is 25.4 Å². The monoisotopic (exact) mass is 548 g/mol. The van der Waals surface area contributed by atoms with E-state index in [1.165, 1.54) is 16.6 Å². The van der Waals surface area contributed by atoms with Gasteiger partial charge in [-0.15, -0.1) is 0 Å². The molecule has 4 nitrogen and oxygen atoms in total. The molecule has 1 aliphatic rings. The third kappa shape index (κ3) is 3.77. The minimum absolute atomic E-state index is 0.519. The lowest BCUT2D eigenvalue weighted by molar-refractivity contribution is 0.431. The number of hydrogen-bond donors (Lipinski definition) is 0. The Morgan fingerprint density at radius 2 is 1.77 bits per heavy atom. The fourth-order valence-corrected chi connectivity index (χ4v) is 6.45.